The molecule has 0 spiro atoms. The number of benzene rings is 3. The van der Waals surface area contributed by atoms with Crippen LogP contribution in [0.1, 0.15) is 22.6 Å². The molecule has 22 heavy (non-hydrogen) atoms. The van der Waals surface area contributed by atoms with E-state index in [0.717, 1.165) is 5.56 Å². The third kappa shape index (κ3) is 3.00. The molecule has 0 saturated heterocycles. The maximum absolute atomic E-state index is 6.32. The molecule has 1 nitrogen and oxygen atoms in total. The van der Waals surface area contributed by atoms with Gasteiger partial charge >= 0.3 is 0 Å². The summed E-state index contributed by atoms with van der Waals surface area (Å²) in [5, 5.41) is 0.636. The number of ether oxygens (including phenoxy) is 1. The predicted octanol–water partition coefficient (Wildman–Crippen LogP) is 5.53. The van der Waals surface area contributed by atoms with Crippen molar-refractivity contribution in [3.05, 3.63) is 101 Å². The first-order valence-electron chi connectivity index (χ1n) is 7.23. The monoisotopic (exact) mass is 308 g/mol. The van der Waals surface area contributed by atoms with Gasteiger partial charge in [-0.2, -0.15) is 0 Å². The van der Waals surface area contributed by atoms with Gasteiger partial charge < -0.3 is 4.74 Å². The lowest BCUT2D eigenvalue weighted by atomic mass is 9.85. The number of halogens is 1. The number of hydrogen-bond donors (Lipinski definition) is 0. The third-order valence-electron chi connectivity index (χ3n) is 3.77. The molecule has 3 aromatic rings. The molecule has 3 aromatic carbocycles. The summed E-state index contributed by atoms with van der Waals surface area (Å²) in [5.41, 5.74) is 3.65. The van der Waals surface area contributed by atoms with Crippen LogP contribution in [-0.4, -0.2) is 7.11 Å². The first-order valence-corrected chi connectivity index (χ1v) is 7.60. The van der Waals surface area contributed by atoms with Crippen LogP contribution in [0.15, 0.2) is 78.9 Å². The van der Waals surface area contributed by atoms with Crippen LogP contribution in [0.25, 0.3) is 0 Å². The fourth-order valence-corrected chi connectivity index (χ4v) is 3.00. The molecule has 0 aliphatic rings. The number of hydrogen-bond acceptors (Lipinski definition) is 1. The molecular formula is C20H17ClO. The highest BCUT2D eigenvalue weighted by molar-refractivity contribution is 6.32. The van der Waals surface area contributed by atoms with Crippen molar-refractivity contribution in [1.29, 1.82) is 0 Å². The van der Waals surface area contributed by atoms with Crippen molar-refractivity contribution in [3.8, 4) is 5.75 Å². The van der Waals surface area contributed by atoms with Crippen molar-refractivity contribution >= 4 is 11.6 Å². The molecule has 0 fully saturated rings. The molecule has 110 valence electrons. The molecule has 2 heteroatoms. The summed E-state index contributed by atoms with van der Waals surface area (Å²) in [6, 6.07) is 26.9. The lowest BCUT2D eigenvalue weighted by Gasteiger charge is -2.19. The molecule has 0 saturated carbocycles. The van der Waals surface area contributed by atoms with E-state index in [4.69, 9.17) is 16.3 Å². The second-order valence-corrected chi connectivity index (χ2v) is 5.56. The van der Waals surface area contributed by atoms with E-state index in [1.807, 2.05) is 24.3 Å². The van der Waals surface area contributed by atoms with Crippen molar-refractivity contribution in [2.24, 2.45) is 0 Å². The topological polar surface area (TPSA) is 9.23 Å². The van der Waals surface area contributed by atoms with Crippen LogP contribution in [0.5, 0.6) is 5.75 Å². The molecule has 0 aliphatic carbocycles. The number of rotatable bonds is 4. The Kier molecular flexibility index (Phi) is 4.45. The van der Waals surface area contributed by atoms with Crippen molar-refractivity contribution in [2.45, 2.75) is 5.92 Å². The van der Waals surface area contributed by atoms with E-state index < -0.39 is 0 Å². The molecule has 0 N–H and O–H groups in total. The Morgan fingerprint density at radius 2 is 1.27 bits per heavy atom. The Bertz CT molecular complexity index is 699. The van der Waals surface area contributed by atoms with Crippen molar-refractivity contribution in [1.82, 2.24) is 0 Å². The zero-order chi connectivity index (χ0) is 15.4. The van der Waals surface area contributed by atoms with Crippen LogP contribution >= 0.6 is 11.6 Å². The normalized spacial score (nSPS) is 10.7. The van der Waals surface area contributed by atoms with E-state index in [1.54, 1.807) is 7.11 Å². The van der Waals surface area contributed by atoms with Gasteiger partial charge in [0.05, 0.1) is 12.1 Å². The molecule has 0 unspecified atom stereocenters. The van der Waals surface area contributed by atoms with Gasteiger partial charge in [0.15, 0.2) is 0 Å². The Balaban J connectivity index is 2.12. The second kappa shape index (κ2) is 6.67. The summed E-state index contributed by atoms with van der Waals surface area (Å²) in [6.07, 6.45) is 0. The van der Waals surface area contributed by atoms with Crippen molar-refractivity contribution < 1.29 is 4.74 Å². The highest BCUT2D eigenvalue weighted by Gasteiger charge is 2.17. The minimum atomic E-state index is 0.158. The van der Waals surface area contributed by atoms with Gasteiger partial charge in [-0.3, -0.25) is 0 Å². The second-order valence-electron chi connectivity index (χ2n) is 5.15. The average molecular weight is 309 g/mol. The van der Waals surface area contributed by atoms with Crippen LogP contribution < -0.4 is 4.74 Å². The molecule has 0 aromatic heterocycles. The van der Waals surface area contributed by atoms with E-state index in [9.17, 15) is 0 Å². The molecule has 0 amide bonds. The predicted molar refractivity (Wildman–Crippen MR) is 91.8 cm³/mol. The molecule has 0 aliphatic heterocycles. The average Bonchev–Trinajstić information content (AvgIpc) is 2.57. The van der Waals surface area contributed by atoms with Gasteiger partial charge in [0.1, 0.15) is 5.75 Å². The fraction of sp³-hybridized carbons (Fsp3) is 0.100. The van der Waals surface area contributed by atoms with Gasteiger partial charge in [-0.25, -0.2) is 0 Å². The van der Waals surface area contributed by atoms with E-state index >= 15 is 0 Å². The summed E-state index contributed by atoms with van der Waals surface area (Å²) in [7, 11) is 1.63. The Morgan fingerprint density at radius 3 is 1.73 bits per heavy atom. The molecular weight excluding hydrogens is 292 g/mol. The molecule has 0 heterocycles. The van der Waals surface area contributed by atoms with Crippen LogP contribution in [-0.2, 0) is 0 Å². The molecule has 0 atom stereocenters. The van der Waals surface area contributed by atoms with E-state index in [1.165, 1.54) is 11.1 Å². The van der Waals surface area contributed by atoms with E-state index in [-0.39, 0.29) is 5.92 Å². The zero-order valence-corrected chi connectivity index (χ0v) is 13.1. The molecule has 0 radical (unpaired) electrons. The van der Waals surface area contributed by atoms with Gasteiger partial charge in [0, 0.05) is 5.92 Å². The first kappa shape index (κ1) is 14.7. The summed E-state index contributed by atoms with van der Waals surface area (Å²) < 4.78 is 5.26. The molecule has 0 bridgehead atoms. The van der Waals surface area contributed by atoms with E-state index in [0.29, 0.717) is 10.8 Å². The minimum Gasteiger partial charge on any atom is -0.495 e. The first-order chi connectivity index (χ1) is 10.8. The summed E-state index contributed by atoms with van der Waals surface area (Å²) in [5.74, 6) is 0.857. The number of methoxy groups -OCH3 is 1. The summed E-state index contributed by atoms with van der Waals surface area (Å²) in [4.78, 5) is 0. The maximum atomic E-state index is 6.32. The van der Waals surface area contributed by atoms with Gasteiger partial charge in [-0.05, 0) is 28.8 Å². The highest BCUT2D eigenvalue weighted by Crippen LogP contribution is 2.35. The minimum absolute atomic E-state index is 0.158. The van der Waals surface area contributed by atoms with Crippen LogP contribution in [0.2, 0.25) is 5.02 Å². The Morgan fingerprint density at radius 1 is 0.727 bits per heavy atom. The summed E-state index contributed by atoms with van der Waals surface area (Å²) in [6.45, 7) is 0. The standard InChI is InChI=1S/C20H17ClO/c1-22-19-13-12-17(14-18(19)21)20(15-8-4-2-5-9-15)16-10-6-3-7-11-16/h2-14,20H,1H3. The zero-order valence-electron chi connectivity index (χ0n) is 12.4. The Labute approximate surface area is 136 Å². The summed E-state index contributed by atoms with van der Waals surface area (Å²) >= 11 is 6.32. The van der Waals surface area contributed by atoms with Gasteiger partial charge in [-0.15, -0.1) is 0 Å². The Hall–Kier alpha value is -2.25. The van der Waals surface area contributed by atoms with Gasteiger partial charge in [0.2, 0.25) is 0 Å². The maximum Gasteiger partial charge on any atom is 0.137 e. The highest BCUT2D eigenvalue weighted by atomic mass is 35.5. The van der Waals surface area contributed by atoms with Gasteiger partial charge in [-0.1, -0.05) is 78.3 Å². The van der Waals surface area contributed by atoms with Crippen LogP contribution in [0, 0.1) is 0 Å². The SMILES string of the molecule is COc1ccc(C(c2ccccc2)c2ccccc2)cc1Cl. The quantitative estimate of drug-likeness (QED) is 0.576. The van der Waals surface area contributed by atoms with Gasteiger partial charge in [0.25, 0.3) is 0 Å². The third-order valence-corrected chi connectivity index (χ3v) is 4.07. The lowest BCUT2D eigenvalue weighted by molar-refractivity contribution is 0.415. The smallest absolute Gasteiger partial charge is 0.137 e. The van der Waals surface area contributed by atoms with Crippen molar-refractivity contribution in [3.63, 3.8) is 0 Å². The van der Waals surface area contributed by atoms with Crippen molar-refractivity contribution in [2.75, 3.05) is 7.11 Å². The van der Waals surface area contributed by atoms with E-state index in [2.05, 4.69) is 54.6 Å². The lowest BCUT2D eigenvalue weighted by Crippen LogP contribution is -2.03. The fourth-order valence-electron chi connectivity index (χ4n) is 2.73. The largest absolute Gasteiger partial charge is 0.495 e. The van der Waals surface area contributed by atoms with Crippen LogP contribution in [0.3, 0.4) is 0 Å². The molecule has 3 rings (SSSR count). The van der Waals surface area contributed by atoms with Crippen LogP contribution in [0.4, 0.5) is 0 Å².